The van der Waals surface area contributed by atoms with Gasteiger partial charge in [-0.15, -0.1) is 23.4 Å². The lowest BCUT2D eigenvalue weighted by molar-refractivity contribution is -0.274. The standard InChI is InChI=1S/C29H19ClF6N10O3/c1-15-9-17(12-37)10-20(25(47)39-13-16-4-6-19(7-5-16)49-29(34,35)36)23(15)40-26(48)22-11-18(14-45-43-27(41-44-45)28(31,32)33)42-46(22)24-21(30)3-2-8-38-24/h2-11H,13-14H2,1H3,(H,39,47)(H,40,48). The van der Waals surface area contributed by atoms with Crippen molar-refractivity contribution in [3.8, 4) is 17.6 Å². The number of benzene rings is 2. The first-order valence-electron chi connectivity index (χ1n) is 13.6. The summed E-state index contributed by atoms with van der Waals surface area (Å²) >= 11 is 6.31. The Morgan fingerprint density at radius 3 is 2.39 bits per heavy atom. The highest BCUT2D eigenvalue weighted by molar-refractivity contribution is 6.32. The molecule has 2 aromatic carbocycles. The van der Waals surface area contributed by atoms with Crippen molar-refractivity contribution in [2.45, 2.75) is 32.6 Å². The Hall–Kier alpha value is -6.03. The van der Waals surface area contributed by atoms with Crippen LogP contribution in [0.1, 0.15) is 49.1 Å². The lowest BCUT2D eigenvalue weighted by Gasteiger charge is -2.16. The van der Waals surface area contributed by atoms with E-state index in [0.717, 1.165) is 16.8 Å². The zero-order valence-electron chi connectivity index (χ0n) is 24.6. The summed E-state index contributed by atoms with van der Waals surface area (Å²) in [5.74, 6) is -3.55. The fourth-order valence-corrected chi connectivity index (χ4v) is 4.59. The van der Waals surface area contributed by atoms with E-state index in [-0.39, 0.29) is 45.6 Å². The predicted octanol–water partition coefficient (Wildman–Crippen LogP) is 5.24. The summed E-state index contributed by atoms with van der Waals surface area (Å²) in [4.78, 5) is 31.9. The first-order valence-corrected chi connectivity index (χ1v) is 14.0. The van der Waals surface area contributed by atoms with E-state index in [2.05, 4.69) is 40.9 Å². The maximum atomic E-state index is 13.8. The van der Waals surface area contributed by atoms with Gasteiger partial charge in [-0.2, -0.15) is 28.3 Å². The summed E-state index contributed by atoms with van der Waals surface area (Å²) in [5.41, 5.74) is 0.470. The van der Waals surface area contributed by atoms with Crippen LogP contribution in [0.5, 0.6) is 5.75 Å². The van der Waals surface area contributed by atoms with Crippen LogP contribution in [-0.4, -0.2) is 53.1 Å². The average molecular weight is 705 g/mol. The molecule has 2 amide bonds. The highest BCUT2D eigenvalue weighted by Gasteiger charge is 2.37. The molecule has 5 rings (SSSR count). The summed E-state index contributed by atoms with van der Waals surface area (Å²) in [6.07, 6.45) is -8.36. The Bertz CT molecular complexity index is 2070. The Balaban J connectivity index is 1.43. The van der Waals surface area contributed by atoms with Crippen molar-refractivity contribution in [2.75, 3.05) is 5.32 Å². The van der Waals surface area contributed by atoms with Crippen LogP contribution >= 0.6 is 11.6 Å². The largest absolute Gasteiger partial charge is 0.573 e. The fraction of sp³-hybridized carbons (Fsp3) is 0.172. The molecule has 2 N–H and O–H groups in total. The van der Waals surface area contributed by atoms with Gasteiger partial charge in [-0.1, -0.05) is 23.7 Å². The minimum absolute atomic E-state index is 0.00963. The lowest BCUT2D eigenvalue weighted by atomic mass is 10.0. The van der Waals surface area contributed by atoms with Crippen LogP contribution in [-0.2, 0) is 19.3 Å². The fourth-order valence-electron chi connectivity index (χ4n) is 4.39. The molecule has 0 aliphatic rings. The number of hydrogen-bond donors (Lipinski definition) is 2. The molecule has 0 unspecified atom stereocenters. The topological polar surface area (TPSA) is 166 Å². The number of carbonyl (C=O) groups excluding carboxylic acids is 2. The molecule has 0 radical (unpaired) electrons. The maximum Gasteiger partial charge on any atom is 0.573 e. The van der Waals surface area contributed by atoms with Gasteiger partial charge in [0.05, 0.1) is 33.6 Å². The molecule has 3 heterocycles. The number of nitrogens with zero attached hydrogens (tertiary/aromatic N) is 8. The number of ether oxygens (including phenoxy) is 1. The number of pyridine rings is 1. The number of halogens is 7. The number of nitriles is 1. The van der Waals surface area contributed by atoms with Gasteiger partial charge in [-0.05, 0) is 65.7 Å². The van der Waals surface area contributed by atoms with Crippen molar-refractivity contribution in [2.24, 2.45) is 0 Å². The van der Waals surface area contributed by atoms with Gasteiger partial charge in [0.1, 0.15) is 18.0 Å². The van der Waals surface area contributed by atoms with Crippen molar-refractivity contribution >= 4 is 29.1 Å². The summed E-state index contributed by atoms with van der Waals surface area (Å²) < 4.78 is 81.3. The molecule has 20 heteroatoms. The molecule has 0 saturated heterocycles. The van der Waals surface area contributed by atoms with Gasteiger partial charge in [0, 0.05) is 12.7 Å². The molecular weight excluding hydrogens is 686 g/mol. The van der Waals surface area contributed by atoms with Crippen LogP contribution in [0, 0.1) is 18.3 Å². The van der Waals surface area contributed by atoms with Gasteiger partial charge in [0.25, 0.3) is 17.6 Å². The molecule has 5 aromatic rings. The van der Waals surface area contributed by atoms with Gasteiger partial charge in [-0.3, -0.25) is 9.59 Å². The predicted molar refractivity (Wildman–Crippen MR) is 156 cm³/mol. The van der Waals surface area contributed by atoms with E-state index < -0.39 is 42.5 Å². The number of amides is 2. The van der Waals surface area contributed by atoms with E-state index in [1.165, 1.54) is 55.6 Å². The molecule has 0 spiro atoms. The zero-order valence-corrected chi connectivity index (χ0v) is 25.4. The first-order chi connectivity index (χ1) is 23.1. The number of anilines is 1. The Morgan fingerprint density at radius 1 is 1.02 bits per heavy atom. The van der Waals surface area contributed by atoms with Crippen molar-refractivity contribution in [1.82, 2.24) is 40.3 Å². The normalized spacial score (nSPS) is 11.6. The van der Waals surface area contributed by atoms with Crippen molar-refractivity contribution in [3.05, 3.63) is 105 Å². The molecule has 0 bridgehead atoms. The van der Waals surface area contributed by atoms with Crippen molar-refractivity contribution < 1.29 is 40.7 Å². The zero-order chi connectivity index (χ0) is 35.5. The van der Waals surface area contributed by atoms with Crippen LogP contribution in [0.3, 0.4) is 0 Å². The van der Waals surface area contributed by atoms with E-state index in [1.807, 2.05) is 6.07 Å². The van der Waals surface area contributed by atoms with Crippen LogP contribution < -0.4 is 15.4 Å². The van der Waals surface area contributed by atoms with Crippen LogP contribution in [0.2, 0.25) is 5.02 Å². The van der Waals surface area contributed by atoms with Crippen molar-refractivity contribution in [1.29, 1.82) is 5.26 Å². The van der Waals surface area contributed by atoms with E-state index in [4.69, 9.17) is 11.6 Å². The number of aromatic nitrogens is 7. The Morgan fingerprint density at radius 2 is 1.76 bits per heavy atom. The van der Waals surface area contributed by atoms with E-state index >= 15 is 0 Å². The number of rotatable bonds is 9. The average Bonchev–Trinajstić information content (AvgIpc) is 3.69. The van der Waals surface area contributed by atoms with E-state index in [1.54, 1.807) is 0 Å². The van der Waals surface area contributed by atoms with Crippen LogP contribution in [0.25, 0.3) is 5.82 Å². The smallest absolute Gasteiger partial charge is 0.406 e. The van der Waals surface area contributed by atoms with E-state index in [9.17, 15) is 41.2 Å². The van der Waals surface area contributed by atoms with E-state index in [0.29, 0.717) is 15.9 Å². The molecule has 0 aliphatic heterocycles. The number of aryl methyl sites for hydroxylation is 1. The number of nitrogens with one attached hydrogen (secondary N) is 2. The quantitative estimate of drug-likeness (QED) is 0.195. The van der Waals surface area contributed by atoms with Gasteiger partial charge in [0.2, 0.25) is 0 Å². The van der Waals surface area contributed by atoms with Crippen molar-refractivity contribution in [3.63, 3.8) is 0 Å². The minimum atomic E-state index is -4.88. The lowest BCUT2D eigenvalue weighted by Crippen LogP contribution is -2.26. The van der Waals surface area contributed by atoms with Gasteiger partial charge >= 0.3 is 12.5 Å². The summed E-state index contributed by atoms with van der Waals surface area (Å²) in [6, 6.07) is 13.5. The molecule has 0 aliphatic carbocycles. The molecule has 0 atom stereocenters. The molecule has 49 heavy (non-hydrogen) atoms. The molecular formula is C29H19ClF6N10O3. The summed E-state index contributed by atoms with van der Waals surface area (Å²) in [6.45, 7) is 0.947. The Kier molecular flexibility index (Phi) is 9.52. The highest BCUT2D eigenvalue weighted by Crippen LogP contribution is 2.28. The number of tetrazole rings is 1. The van der Waals surface area contributed by atoms with Crippen LogP contribution in [0.4, 0.5) is 32.0 Å². The van der Waals surface area contributed by atoms with Crippen LogP contribution in [0.15, 0.2) is 60.8 Å². The molecule has 252 valence electrons. The molecule has 13 nitrogen and oxygen atoms in total. The second-order valence-electron chi connectivity index (χ2n) is 10.0. The summed E-state index contributed by atoms with van der Waals surface area (Å²) in [5, 5.41) is 28.7. The second-order valence-corrected chi connectivity index (χ2v) is 10.4. The SMILES string of the molecule is Cc1cc(C#N)cc(C(=O)NCc2ccc(OC(F)(F)F)cc2)c1NC(=O)c1cc(Cn2nnc(C(F)(F)F)n2)nn1-c1ncccc1Cl. The maximum absolute atomic E-state index is 13.8. The number of hydrogen-bond acceptors (Lipinski definition) is 9. The highest BCUT2D eigenvalue weighted by atomic mass is 35.5. The Labute approximate surface area is 276 Å². The molecule has 0 saturated carbocycles. The van der Waals surface area contributed by atoms with Gasteiger partial charge in [-0.25, -0.2) is 9.67 Å². The number of carbonyl (C=O) groups is 2. The molecule has 3 aromatic heterocycles. The van der Waals surface area contributed by atoms with Gasteiger partial charge < -0.3 is 15.4 Å². The third-order valence-electron chi connectivity index (χ3n) is 6.50. The third-order valence-corrected chi connectivity index (χ3v) is 6.79. The summed E-state index contributed by atoms with van der Waals surface area (Å²) in [7, 11) is 0. The third kappa shape index (κ3) is 8.28. The monoisotopic (exact) mass is 704 g/mol. The minimum Gasteiger partial charge on any atom is -0.406 e. The molecule has 0 fully saturated rings. The first kappa shape index (κ1) is 34.3. The number of alkyl halides is 6. The van der Waals surface area contributed by atoms with Gasteiger partial charge in [0.15, 0.2) is 5.82 Å². The second kappa shape index (κ2) is 13.6.